The first-order valence-corrected chi connectivity index (χ1v) is 5.20. The summed E-state index contributed by atoms with van der Waals surface area (Å²) in [7, 11) is 0. The molecule has 1 aliphatic carbocycles. The van der Waals surface area contributed by atoms with Crippen molar-refractivity contribution in [1.29, 1.82) is 0 Å². The van der Waals surface area contributed by atoms with Gasteiger partial charge in [0.1, 0.15) is 0 Å². The standard InChI is InChI=1S/C12H19/c1-2-4-6-8-10-12-11-9-7-5-3-1/h1-2,11H,3-10H2/b2-1+,12-11?. The second-order valence-corrected chi connectivity index (χ2v) is 3.41. The second-order valence-electron chi connectivity index (χ2n) is 3.41. The highest BCUT2D eigenvalue weighted by molar-refractivity contribution is 4.83. The van der Waals surface area contributed by atoms with Gasteiger partial charge < -0.3 is 0 Å². The molecular formula is C12H19. The van der Waals surface area contributed by atoms with Gasteiger partial charge in [-0.15, -0.1) is 0 Å². The molecule has 1 aliphatic rings. The molecule has 0 bridgehead atoms. The third kappa shape index (κ3) is 5.17. The number of hydrogen-bond acceptors (Lipinski definition) is 0. The third-order valence-corrected chi connectivity index (χ3v) is 2.22. The molecule has 0 amide bonds. The lowest BCUT2D eigenvalue weighted by Crippen LogP contribution is -1.77. The van der Waals surface area contributed by atoms with E-state index in [0.717, 1.165) is 6.42 Å². The van der Waals surface area contributed by atoms with Crippen molar-refractivity contribution in [3.63, 3.8) is 0 Å². The Hall–Kier alpha value is -0.520. The zero-order valence-electron chi connectivity index (χ0n) is 7.89. The van der Waals surface area contributed by atoms with Crippen LogP contribution in [0.1, 0.15) is 51.4 Å². The molecule has 1 rings (SSSR count). The summed E-state index contributed by atoms with van der Waals surface area (Å²) in [6.45, 7) is 0. The Bertz CT molecular complexity index is 108. The van der Waals surface area contributed by atoms with E-state index in [1.165, 1.54) is 44.9 Å². The lowest BCUT2D eigenvalue weighted by atomic mass is 10.1. The zero-order valence-corrected chi connectivity index (χ0v) is 7.89. The first-order chi connectivity index (χ1) is 6.00. The van der Waals surface area contributed by atoms with E-state index < -0.39 is 0 Å². The minimum atomic E-state index is 1.16. The summed E-state index contributed by atoms with van der Waals surface area (Å²) in [5, 5.41) is 0. The molecule has 0 N–H and O–H groups in total. The minimum absolute atomic E-state index is 1.16. The number of hydrogen-bond donors (Lipinski definition) is 0. The monoisotopic (exact) mass is 163 g/mol. The Kier molecular flexibility index (Phi) is 5.70. The average Bonchev–Trinajstić information content (AvgIpc) is 2.05. The van der Waals surface area contributed by atoms with Gasteiger partial charge in [0.25, 0.3) is 0 Å². The van der Waals surface area contributed by atoms with Gasteiger partial charge in [0.05, 0.1) is 0 Å². The molecule has 0 aromatic carbocycles. The van der Waals surface area contributed by atoms with Crippen LogP contribution >= 0.6 is 0 Å². The molecule has 0 aliphatic heterocycles. The van der Waals surface area contributed by atoms with Crippen LogP contribution in [0.5, 0.6) is 0 Å². The van der Waals surface area contributed by atoms with E-state index in [2.05, 4.69) is 24.3 Å². The predicted molar refractivity (Wildman–Crippen MR) is 53.9 cm³/mol. The van der Waals surface area contributed by atoms with E-state index in [1.807, 2.05) is 0 Å². The maximum atomic E-state index is 3.35. The largest absolute Gasteiger partial charge is 0.0885 e. The van der Waals surface area contributed by atoms with Crippen molar-refractivity contribution in [2.24, 2.45) is 0 Å². The van der Waals surface area contributed by atoms with Crippen molar-refractivity contribution < 1.29 is 0 Å². The molecule has 0 atom stereocenters. The van der Waals surface area contributed by atoms with Crippen LogP contribution in [0.3, 0.4) is 0 Å². The Balaban J connectivity index is 2.18. The quantitative estimate of drug-likeness (QED) is 0.473. The molecule has 1 radical (unpaired) electrons. The maximum Gasteiger partial charge on any atom is -0.0279 e. The zero-order chi connectivity index (χ0) is 8.49. The van der Waals surface area contributed by atoms with E-state index in [-0.39, 0.29) is 0 Å². The Labute approximate surface area is 76.4 Å². The normalized spacial score (nSPS) is 26.7. The van der Waals surface area contributed by atoms with Gasteiger partial charge in [-0.2, -0.15) is 0 Å². The van der Waals surface area contributed by atoms with Crippen molar-refractivity contribution >= 4 is 0 Å². The topological polar surface area (TPSA) is 0 Å². The molecule has 0 spiro atoms. The number of rotatable bonds is 0. The van der Waals surface area contributed by atoms with Gasteiger partial charge in [0.2, 0.25) is 0 Å². The molecule has 0 saturated carbocycles. The highest BCUT2D eigenvalue weighted by Gasteiger charge is 1.88. The molecule has 0 unspecified atom stereocenters. The summed E-state index contributed by atoms with van der Waals surface area (Å²) >= 11 is 0. The molecule has 67 valence electrons. The fourth-order valence-corrected chi connectivity index (χ4v) is 1.44. The summed E-state index contributed by atoms with van der Waals surface area (Å²) in [4.78, 5) is 0. The van der Waals surface area contributed by atoms with E-state index in [4.69, 9.17) is 0 Å². The van der Waals surface area contributed by atoms with Gasteiger partial charge in [0, 0.05) is 0 Å². The molecule has 12 heavy (non-hydrogen) atoms. The third-order valence-electron chi connectivity index (χ3n) is 2.22. The average molecular weight is 163 g/mol. The van der Waals surface area contributed by atoms with Crippen molar-refractivity contribution in [2.45, 2.75) is 51.4 Å². The Morgan fingerprint density at radius 3 is 2.25 bits per heavy atom. The maximum absolute atomic E-state index is 3.35. The van der Waals surface area contributed by atoms with Gasteiger partial charge in [-0.1, -0.05) is 18.2 Å². The highest BCUT2D eigenvalue weighted by Crippen LogP contribution is 2.07. The molecule has 0 aromatic heterocycles. The first kappa shape index (κ1) is 9.57. The summed E-state index contributed by atoms with van der Waals surface area (Å²) in [5.74, 6) is 0. The van der Waals surface area contributed by atoms with E-state index in [1.54, 1.807) is 0 Å². The smallest absolute Gasteiger partial charge is 0.0279 e. The van der Waals surface area contributed by atoms with Crippen molar-refractivity contribution in [3.05, 3.63) is 24.3 Å². The van der Waals surface area contributed by atoms with Crippen LogP contribution in [0.15, 0.2) is 18.2 Å². The first-order valence-electron chi connectivity index (χ1n) is 5.20. The van der Waals surface area contributed by atoms with Crippen LogP contribution in [0.4, 0.5) is 0 Å². The van der Waals surface area contributed by atoms with Gasteiger partial charge in [-0.3, -0.25) is 0 Å². The van der Waals surface area contributed by atoms with Crippen LogP contribution in [0, 0.1) is 6.08 Å². The molecule has 0 aromatic rings. The lowest BCUT2D eigenvalue weighted by molar-refractivity contribution is 0.724. The van der Waals surface area contributed by atoms with E-state index >= 15 is 0 Å². The van der Waals surface area contributed by atoms with Crippen molar-refractivity contribution in [3.8, 4) is 0 Å². The summed E-state index contributed by atoms with van der Waals surface area (Å²) in [5.41, 5.74) is 0. The Morgan fingerprint density at radius 1 is 0.750 bits per heavy atom. The molecular weight excluding hydrogens is 144 g/mol. The molecule has 0 fully saturated rings. The molecule has 0 heterocycles. The number of allylic oxidation sites excluding steroid dienone is 4. The summed E-state index contributed by atoms with van der Waals surface area (Å²) < 4.78 is 0. The van der Waals surface area contributed by atoms with Crippen molar-refractivity contribution in [2.75, 3.05) is 0 Å². The van der Waals surface area contributed by atoms with Crippen molar-refractivity contribution in [1.82, 2.24) is 0 Å². The van der Waals surface area contributed by atoms with Crippen LogP contribution in [0.25, 0.3) is 0 Å². The summed E-state index contributed by atoms with van der Waals surface area (Å²) in [6, 6.07) is 0. The van der Waals surface area contributed by atoms with Gasteiger partial charge in [-0.25, -0.2) is 0 Å². The summed E-state index contributed by atoms with van der Waals surface area (Å²) in [6.07, 6.45) is 20.5. The van der Waals surface area contributed by atoms with E-state index in [0.29, 0.717) is 0 Å². The van der Waals surface area contributed by atoms with Gasteiger partial charge in [-0.05, 0) is 57.4 Å². The fraction of sp³-hybridized carbons (Fsp3) is 0.667. The lowest BCUT2D eigenvalue weighted by Gasteiger charge is -1.97. The van der Waals surface area contributed by atoms with Crippen LogP contribution in [0.2, 0.25) is 0 Å². The minimum Gasteiger partial charge on any atom is -0.0885 e. The van der Waals surface area contributed by atoms with Gasteiger partial charge in [0.15, 0.2) is 0 Å². The highest BCUT2D eigenvalue weighted by atomic mass is 13.9. The van der Waals surface area contributed by atoms with E-state index in [9.17, 15) is 0 Å². The second kappa shape index (κ2) is 7.15. The fourth-order valence-electron chi connectivity index (χ4n) is 1.44. The molecule has 0 saturated heterocycles. The van der Waals surface area contributed by atoms with Gasteiger partial charge >= 0.3 is 0 Å². The molecule has 0 nitrogen and oxygen atoms in total. The van der Waals surface area contributed by atoms with Crippen LogP contribution < -0.4 is 0 Å². The van der Waals surface area contributed by atoms with Crippen LogP contribution in [-0.2, 0) is 0 Å². The Morgan fingerprint density at radius 2 is 1.42 bits per heavy atom. The SMILES string of the molecule is [C]1=C\CCCC/C=C/CCCC/1. The molecule has 0 heteroatoms. The van der Waals surface area contributed by atoms with Crippen LogP contribution in [-0.4, -0.2) is 0 Å². The predicted octanol–water partition coefficient (Wildman–Crippen LogP) is 4.04.